The third-order valence-corrected chi connectivity index (χ3v) is 5.28. The van der Waals surface area contributed by atoms with Crippen molar-refractivity contribution in [1.29, 1.82) is 0 Å². The predicted molar refractivity (Wildman–Crippen MR) is 121 cm³/mol. The lowest BCUT2D eigenvalue weighted by molar-refractivity contribution is 0.102. The lowest BCUT2D eigenvalue weighted by Gasteiger charge is -2.12. The van der Waals surface area contributed by atoms with Crippen molar-refractivity contribution in [3.05, 3.63) is 77.4 Å². The van der Waals surface area contributed by atoms with E-state index >= 15 is 0 Å². The fourth-order valence-corrected chi connectivity index (χ4v) is 3.45. The number of aliphatic hydroxyl groups excluding tert-OH is 1. The molecule has 3 aromatic carbocycles. The lowest BCUT2D eigenvalue weighted by atomic mass is 10.1. The molecule has 0 aliphatic heterocycles. The third-order valence-electron chi connectivity index (χ3n) is 5.28. The SMILES string of the molecule is Cc1c(CO)cccc1NC(=O)c1cccc2[nH]c(-c3ccc(N(C)C)cc3)nc12. The van der Waals surface area contributed by atoms with Gasteiger partial charge >= 0.3 is 0 Å². The first-order valence-corrected chi connectivity index (χ1v) is 9.75. The Morgan fingerprint density at radius 1 is 1.07 bits per heavy atom. The Kier molecular flexibility index (Phi) is 5.25. The van der Waals surface area contributed by atoms with Crippen LogP contribution >= 0.6 is 0 Å². The number of hydrogen-bond acceptors (Lipinski definition) is 4. The minimum absolute atomic E-state index is 0.0690. The van der Waals surface area contributed by atoms with Gasteiger partial charge in [0.2, 0.25) is 0 Å². The summed E-state index contributed by atoms with van der Waals surface area (Å²) < 4.78 is 0. The molecule has 1 heterocycles. The van der Waals surface area contributed by atoms with Crippen molar-refractivity contribution >= 4 is 28.3 Å². The number of amides is 1. The summed E-state index contributed by atoms with van der Waals surface area (Å²) in [6.45, 7) is 1.81. The molecule has 4 rings (SSSR count). The number of aliphatic hydroxyl groups is 1. The van der Waals surface area contributed by atoms with Gasteiger partial charge in [-0.05, 0) is 60.5 Å². The second-order valence-electron chi connectivity index (χ2n) is 7.43. The van der Waals surface area contributed by atoms with Gasteiger partial charge in [0.25, 0.3) is 5.91 Å². The second kappa shape index (κ2) is 8.00. The molecule has 0 atom stereocenters. The van der Waals surface area contributed by atoms with Gasteiger partial charge in [-0.1, -0.05) is 18.2 Å². The Morgan fingerprint density at radius 3 is 2.50 bits per heavy atom. The van der Waals surface area contributed by atoms with Gasteiger partial charge in [0.15, 0.2) is 0 Å². The molecule has 0 bridgehead atoms. The van der Waals surface area contributed by atoms with E-state index in [0.29, 0.717) is 22.6 Å². The Labute approximate surface area is 175 Å². The molecule has 4 aromatic rings. The minimum Gasteiger partial charge on any atom is -0.392 e. The molecule has 0 fully saturated rings. The molecule has 3 N–H and O–H groups in total. The van der Waals surface area contributed by atoms with Crippen LogP contribution in [0.3, 0.4) is 0 Å². The smallest absolute Gasteiger partial charge is 0.257 e. The zero-order valence-electron chi connectivity index (χ0n) is 17.2. The average molecular weight is 400 g/mol. The molecule has 0 unspecified atom stereocenters. The summed E-state index contributed by atoms with van der Waals surface area (Å²) in [6.07, 6.45) is 0. The summed E-state index contributed by atoms with van der Waals surface area (Å²) in [5, 5.41) is 12.4. The number of carbonyl (C=O) groups excluding carboxylic acids is 1. The normalized spacial score (nSPS) is 10.9. The van der Waals surface area contributed by atoms with Gasteiger partial charge in [0, 0.05) is 31.0 Å². The van der Waals surface area contributed by atoms with E-state index < -0.39 is 0 Å². The molecule has 30 heavy (non-hydrogen) atoms. The summed E-state index contributed by atoms with van der Waals surface area (Å²) in [5.41, 5.74) is 6.30. The van der Waals surface area contributed by atoms with Crippen molar-refractivity contribution in [1.82, 2.24) is 9.97 Å². The van der Waals surface area contributed by atoms with Gasteiger partial charge in [-0.15, -0.1) is 0 Å². The van der Waals surface area contributed by atoms with E-state index in [1.165, 1.54) is 0 Å². The second-order valence-corrected chi connectivity index (χ2v) is 7.43. The number of aromatic amines is 1. The van der Waals surface area contributed by atoms with Gasteiger partial charge in [0.1, 0.15) is 11.3 Å². The summed E-state index contributed by atoms with van der Waals surface area (Å²) >= 11 is 0. The van der Waals surface area contributed by atoms with Crippen molar-refractivity contribution in [3.63, 3.8) is 0 Å². The zero-order valence-corrected chi connectivity index (χ0v) is 17.2. The van der Waals surface area contributed by atoms with Crippen LogP contribution in [0, 0.1) is 6.92 Å². The number of anilines is 2. The number of imidazole rings is 1. The fraction of sp³-hybridized carbons (Fsp3) is 0.167. The van der Waals surface area contributed by atoms with E-state index in [1.807, 2.05) is 80.5 Å². The number of benzene rings is 3. The van der Waals surface area contributed by atoms with Crippen LogP contribution < -0.4 is 10.2 Å². The van der Waals surface area contributed by atoms with Crippen LogP contribution in [0.25, 0.3) is 22.4 Å². The molecular weight excluding hydrogens is 376 g/mol. The predicted octanol–water partition coefficient (Wildman–Crippen LogP) is 4.35. The van der Waals surface area contributed by atoms with Gasteiger partial charge in [-0.2, -0.15) is 0 Å². The maximum atomic E-state index is 13.0. The number of rotatable bonds is 5. The highest BCUT2D eigenvalue weighted by Gasteiger charge is 2.16. The largest absolute Gasteiger partial charge is 0.392 e. The summed E-state index contributed by atoms with van der Waals surface area (Å²) in [6, 6.07) is 19.1. The van der Waals surface area contributed by atoms with E-state index in [9.17, 15) is 9.90 Å². The molecule has 1 aromatic heterocycles. The minimum atomic E-state index is -0.236. The molecule has 0 saturated heterocycles. The van der Waals surface area contributed by atoms with E-state index in [1.54, 1.807) is 6.07 Å². The van der Waals surface area contributed by atoms with Gasteiger partial charge in [-0.3, -0.25) is 4.79 Å². The Morgan fingerprint density at radius 2 is 1.80 bits per heavy atom. The Hall–Kier alpha value is -3.64. The average Bonchev–Trinajstić information content (AvgIpc) is 3.19. The molecule has 6 nitrogen and oxygen atoms in total. The first kappa shape index (κ1) is 19.7. The monoisotopic (exact) mass is 400 g/mol. The van der Waals surface area contributed by atoms with E-state index in [2.05, 4.69) is 10.3 Å². The number of fused-ring (bicyclic) bond motifs is 1. The van der Waals surface area contributed by atoms with Crippen LogP contribution in [0.2, 0.25) is 0 Å². The Bertz CT molecular complexity index is 1210. The molecule has 1 amide bonds. The van der Waals surface area contributed by atoms with Crippen molar-refractivity contribution in [2.45, 2.75) is 13.5 Å². The van der Waals surface area contributed by atoms with Crippen LogP contribution in [-0.2, 0) is 6.61 Å². The number of hydrogen-bond donors (Lipinski definition) is 3. The van der Waals surface area contributed by atoms with Gasteiger partial charge < -0.3 is 20.3 Å². The Balaban J connectivity index is 1.68. The van der Waals surface area contributed by atoms with Crippen LogP contribution in [0.5, 0.6) is 0 Å². The number of carbonyl (C=O) groups is 1. The maximum Gasteiger partial charge on any atom is 0.257 e. The van der Waals surface area contributed by atoms with E-state index in [-0.39, 0.29) is 12.5 Å². The third kappa shape index (κ3) is 3.65. The summed E-state index contributed by atoms with van der Waals surface area (Å²) in [7, 11) is 4.00. The lowest BCUT2D eigenvalue weighted by Crippen LogP contribution is -2.14. The highest BCUT2D eigenvalue weighted by molar-refractivity contribution is 6.12. The highest BCUT2D eigenvalue weighted by Crippen LogP contribution is 2.26. The molecule has 0 saturated carbocycles. The number of para-hydroxylation sites is 1. The van der Waals surface area contributed by atoms with Crippen LogP contribution in [0.15, 0.2) is 60.7 Å². The number of nitrogens with zero attached hydrogens (tertiary/aromatic N) is 2. The van der Waals surface area contributed by atoms with Crippen molar-refractivity contribution in [3.8, 4) is 11.4 Å². The molecule has 0 spiro atoms. The van der Waals surface area contributed by atoms with Crippen molar-refractivity contribution in [2.24, 2.45) is 0 Å². The van der Waals surface area contributed by atoms with Gasteiger partial charge in [-0.25, -0.2) is 4.98 Å². The fourth-order valence-electron chi connectivity index (χ4n) is 3.45. The molecule has 0 radical (unpaired) electrons. The number of aromatic nitrogens is 2. The van der Waals surface area contributed by atoms with Crippen molar-refractivity contribution in [2.75, 3.05) is 24.3 Å². The number of H-pyrrole nitrogens is 1. The molecule has 0 aliphatic rings. The quantitative estimate of drug-likeness (QED) is 0.465. The first-order chi connectivity index (χ1) is 14.5. The maximum absolute atomic E-state index is 13.0. The molecule has 0 aliphatic carbocycles. The summed E-state index contributed by atoms with van der Waals surface area (Å²) in [5.74, 6) is 0.480. The summed E-state index contributed by atoms with van der Waals surface area (Å²) in [4.78, 5) is 23.1. The van der Waals surface area contributed by atoms with E-state index in [0.717, 1.165) is 27.9 Å². The first-order valence-electron chi connectivity index (χ1n) is 9.75. The van der Waals surface area contributed by atoms with Crippen LogP contribution in [0.4, 0.5) is 11.4 Å². The van der Waals surface area contributed by atoms with Crippen LogP contribution in [0.1, 0.15) is 21.5 Å². The molecule has 6 heteroatoms. The number of nitrogens with one attached hydrogen (secondary N) is 2. The highest BCUT2D eigenvalue weighted by atomic mass is 16.3. The zero-order chi connectivity index (χ0) is 21.3. The van der Waals surface area contributed by atoms with E-state index in [4.69, 9.17) is 4.98 Å². The standard InChI is InChI=1S/C24H24N4O2/c1-15-17(14-29)6-4-8-20(15)26-24(30)19-7-5-9-21-22(19)27-23(25-21)16-10-12-18(13-11-16)28(2)3/h4-13,29H,14H2,1-3H3,(H,25,27)(H,26,30). The van der Waals surface area contributed by atoms with Crippen molar-refractivity contribution < 1.29 is 9.90 Å². The topological polar surface area (TPSA) is 81.2 Å². The molecule has 152 valence electrons. The van der Waals surface area contributed by atoms with Gasteiger partial charge in [0.05, 0.1) is 17.7 Å². The van der Waals surface area contributed by atoms with Crippen LogP contribution in [-0.4, -0.2) is 35.1 Å². The molecular formula is C24H24N4O2.